The summed E-state index contributed by atoms with van der Waals surface area (Å²) in [5.74, 6) is 3.79. The molecule has 0 radical (unpaired) electrons. The highest BCUT2D eigenvalue weighted by Crippen LogP contribution is 2.42. The number of halogens is 3. The van der Waals surface area contributed by atoms with Crippen LogP contribution in [0.25, 0.3) is 32.2 Å². The van der Waals surface area contributed by atoms with Crippen LogP contribution in [0.3, 0.4) is 0 Å². The highest BCUT2D eigenvalue weighted by atomic mass is 35.5. The number of amides is 1. The second kappa shape index (κ2) is 14.9. The molecule has 2 aliphatic rings. The van der Waals surface area contributed by atoms with Gasteiger partial charge in [-0.2, -0.15) is 5.26 Å². The van der Waals surface area contributed by atoms with Gasteiger partial charge in [0.1, 0.15) is 23.3 Å². The summed E-state index contributed by atoms with van der Waals surface area (Å²) in [6.45, 7) is 2.99. The standard InChI is InChI=1S/C38H35ClF2N8O4S2/c1-22-45-31-20-44-36(47(2)26-9-13-48(14-10-26)27-17-38(40,41)18-27)30(19-42)33(31)37(51)49(22)12-4-5-23-6-7-25(39)16-29(23)28-8-11-43-34-24(21-54-35(28)34)15-32(50)46-55(3,52)53/h6-8,11,16,20-21,26-27H,9-10,12-15,17-18H2,1-3H3,(H,46,50). The molecule has 1 aromatic carbocycles. The smallest absolute Gasteiger partial charge is 0.263 e. The van der Waals surface area contributed by atoms with Gasteiger partial charge in [0.05, 0.1) is 46.5 Å². The van der Waals surface area contributed by atoms with Crippen molar-refractivity contribution in [1.29, 1.82) is 5.26 Å². The van der Waals surface area contributed by atoms with E-state index in [1.54, 1.807) is 36.7 Å². The second-order valence-electron chi connectivity index (χ2n) is 13.9. The number of alkyl halides is 2. The molecule has 55 heavy (non-hydrogen) atoms. The van der Waals surface area contributed by atoms with Crippen LogP contribution in [0.5, 0.6) is 0 Å². The third-order valence-electron chi connectivity index (χ3n) is 10.2. The summed E-state index contributed by atoms with van der Waals surface area (Å²) < 4.78 is 54.2. The molecule has 4 aromatic heterocycles. The minimum atomic E-state index is -3.71. The second-order valence-corrected chi connectivity index (χ2v) is 17.0. The van der Waals surface area contributed by atoms with E-state index >= 15 is 0 Å². The molecule has 0 spiro atoms. The van der Waals surface area contributed by atoms with Gasteiger partial charge in [-0.05, 0) is 55.0 Å². The Labute approximate surface area is 324 Å². The van der Waals surface area contributed by atoms with Gasteiger partial charge < -0.3 is 4.90 Å². The van der Waals surface area contributed by atoms with Crippen molar-refractivity contribution in [2.75, 3.05) is 31.3 Å². The lowest BCUT2D eigenvalue weighted by atomic mass is 9.85. The summed E-state index contributed by atoms with van der Waals surface area (Å²) in [6.07, 6.45) is 5.05. The summed E-state index contributed by atoms with van der Waals surface area (Å²) in [6, 6.07) is 9.16. The van der Waals surface area contributed by atoms with E-state index in [1.807, 2.05) is 22.7 Å². The van der Waals surface area contributed by atoms with Gasteiger partial charge in [-0.3, -0.25) is 28.8 Å². The Morgan fingerprint density at radius 3 is 2.62 bits per heavy atom. The molecule has 1 amide bonds. The van der Waals surface area contributed by atoms with Crippen LogP contribution >= 0.6 is 22.9 Å². The number of rotatable bonds is 8. The van der Waals surface area contributed by atoms with Gasteiger partial charge in [0.2, 0.25) is 15.9 Å². The summed E-state index contributed by atoms with van der Waals surface area (Å²) >= 11 is 7.80. The number of piperidine rings is 1. The first-order valence-corrected chi connectivity index (χ1v) is 20.6. The van der Waals surface area contributed by atoms with Gasteiger partial charge >= 0.3 is 0 Å². The van der Waals surface area contributed by atoms with Crippen LogP contribution in [0.2, 0.25) is 5.02 Å². The largest absolute Gasteiger partial charge is 0.355 e. The van der Waals surface area contributed by atoms with E-state index in [2.05, 4.69) is 37.8 Å². The van der Waals surface area contributed by atoms with Crippen LogP contribution < -0.4 is 15.2 Å². The normalized spacial score (nSPS) is 16.3. The third kappa shape index (κ3) is 7.91. The van der Waals surface area contributed by atoms with Crippen LogP contribution in [-0.4, -0.2) is 83.1 Å². The first-order valence-electron chi connectivity index (χ1n) is 17.4. The maximum Gasteiger partial charge on any atom is 0.263 e. The minimum absolute atomic E-state index is 0.00994. The maximum atomic E-state index is 14.1. The monoisotopic (exact) mass is 804 g/mol. The van der Waals surface area contributed by atoms with Crippen molar-refractivity contribution in [3.05, 3.63) is 79.9 Å². The number of nitrogens with one attached hydrogen (secondary N) is 1. The number of aryl methyl sites for hydroxylation is 1. The molecule has 1 aliphatic heterocycles. The van der Waals surface area contributed by atoms with Crippen molar-refractivity contribution in [2.45, 2.75) is 63.6 Å². The van der Waals surface area contributed by atoms with Gasteiger partial charge in [0.15, 0.2) is 0 Å². The Morgan fingerprint density at radius 1 is 1.18 bits per heavy atom. The number of carbonyl (C=O) groups is 1. The van der Waals surface area contributed by atoms with Gasteiger partial charge in [-0.25, -0.2) is 27.2 Å². The molecule has 0 bridgehead atoms. The van der Waals surface area contributed by atoms with E-state index in [1.165, 1.54) is 22.1 Å². The average Bonchev–Trinajstić information content (AvgIpc) is 3.53. The summed E-state index contributed by atoms with van der Waals surface area (Å²) in [5.41, 5.74) is 3.18. The predicted molar refractivity (Wildman–Crippen MR) is 208 cm³/mol. The van der Waals surface area contributed by atoms with Crippen molar-refractivity contribution in [3.8, 4) is 29.0 Å². The number of likely N-dealkylation sites (tertiary alicyclic amines) is 1. The number of fused-ring (bicyclic) bond motifs is 2. The molecule has 1 saturated carbocycles. The molecular formula is C38H35ClF2N8O4S2. The van der Waals surface area contributed by atoms with E-state index < -0.39 is 27.4 Å². The Morgan fingerprint density at radius 2 is 1.93 bits per heavy atom. The minimum Gasteiger partial charge on any atom is -0.355 e. The van der Waals surface area contributed by atoms with Crippen molar-refractivity contribution < 1.29 is 22.0 Å². The molecule has 1 N–H and O–H groups in total. The number of nitrogens with zero attached hydrogens (tertiary/aromatic N) is 7. The zero-order valence-electron chi connectivity index (χ0n) is 30.1. The lowest BCUT2D eigenvalue weighted by Crippen LogP contribution is -2.55. The maximum absolute atomic E-state index is 14.1. The van der Waals surface area contributed by atoms with E-state index in [4.69, 9.17) is 11.6 Å². The van der Waals surface area contributed by atoms with E-state index in [9.17, 15) is 32.0 Å². The topological polar surface area (TPSA) is 154 Å². The molecular weight excluding hydrogens is 770 g/mol. The average molecular weight is 805 g/mol. The summed E-state index contributed by atoms with van der Waals surface area (Å²) in [4.78, 5) is 44.1. The highest BCUT2D eigenvalue weighted by molar-refractivity contribution is 7.89. The van der Waals surface area contributed by atoms with E-state index in [-0.39, 0.29) is 48.8 Å². The van der Waals surface area contributed by atoms with Gasteiger partial charge in [-0.15, -0.1) is 11.3 Å². The fraction of sp³-hybridized carbons (Fsp3) is 0.368. The van der Waals surface area contributed by atoms with E-state index in [0.29, 0.717) is 70.3 Å². The Kier molecular flexibility index (Phi) is 10.4. The molecule has 0 unspecified atom stereocenters. The summed E-state index contributed by atoms with van der Waals surface area (Å²) in [7, 11) is -1.88. The van der Waals surface area contributed by atoms with Crippen molar-refractivity contribution in [3.63, 3.8) is 0 Å². The van der Waals surface area contributed by atoms with Crippen molar-refractivity contribution in [2.24, 2.45) is 0 Å². The van der Waals surface area contributed by atoms with Crippen molar-refractivity contribution in [1.82, 2.24) is 29.1 Å². The Hall–Kier alpha value is -5.00. The molecule has 2 fully saturated rings. The Bertz CT molecular complexity index is 2630. The van der Waals surface area contributed by atoms with Crippen LogP contribution in [0.1, 0.15) is 48.2 Å². The number of nitriles is 1. The van der Waals surface area contributed by atoms with Crippen LogP contribution in [-0.2, 0) is 27.8 Å². The molecule has 5 aromatic rings. The highest BCUT2D eigenvalue weighted by Gasteiger charge is 2.48. The number of hydrogen-bond acceptors (Lipinski definition) is 11. The third-order valence-corrected chi connectivity index (χ3v) is 12.0. The lowest BCUT2D eigenvalue weighted by molar-refractivity contribution is -0.127. The first-order chi connectivity index (χ1) is 26.1. The molecule has 17 heteroatoms. The Balaban J connectivity index is 1.16. The molecule has 1 aliphatic carbocycles. The molecule has 12 nitrogen and oxygen atoms in total. The summed E-state index contributed by atoms with van der Waals surface area (Å²) in [5, 5.41) is 12.7. The number of hydrogen-bond donors (Lipinski definition) is 1. The van der Waals surface area contributed by atoms with Crippen molar-refractivity contribution >= 4 is 65.8 Å². The van der Waals surface area contributed by atoms with Crippen LogP contribution in [0, 0.1) is 30.1 Å². The SMILES string of the molecule is Cc1nc2cnc(N(C)C3CCN(C4CC(F)(F)C4)CC3)c(C#N)c2c(=O)n1CC#Cc1ccc(Cl)cc1-c1ccnc2c(CC(=O)NS(C)(=O)=O)csc12. The van der Waals surface area contributed by atoms with Crippen LogP contribution in [0.15, 0.2) is 46.8 Å². The number of carbonyl (C=O) groups excluding carboxylic acids is 1. The molecule has 284 valence electrons. The number of aromatic nitrogens is 4. The van der Waals surface area contributed by atoms with E-state index in [0.717, 1.165) is 16.5 Å². The van der Waals surface area contributed by atoms with Gasteiger partial charge in [0.25, 0.3) is 11.5 Å². The molecule has 5 heterocycles. The quantitative estimate of drug-likeness (QED) is 0.205. The molecule has 1 saturated heterocycles. The fourth-order valence-electron chi connectivity index (χ4n) is 7.37. The molecule has 0 atom stereocenters. The number of thiophene rings is 1. The lowest BCUT2D eigenvalue weighted by Gasteiger charge is -2.46. The molecule has 7 rings (SSSR count). The first kappa shape index (κ1) is 38.3. The van der Waals surface area contributed by atoms with Crippen LogP contribution in [0.4, 0.5) is 14.6 Å². The number of benzene rings is 1. The number of pyridine rings is 2. The zero-order valence-corrected chi connectivity index (χ0v) is 32.5. The zero-order chi connectivity index (χ0) is 39.2. The van der Waals surface area contributed by atoms with Gasteiger partial charge in [-0.1, -0.05) is 23.4 Å². The number of sulfonamides is 1. The predicted octanol–water partition coefficient (Wildman–Crippen LogP) is 5.27. The van der Waals surface area contributed by atoms with Gasteiger partial charge in [0, 0.05) is 73.0 Å². The number of anilines is 1. The fourth-order valence-corrected chi connectivity index (χ4v) is 9.08.